The number of hydrogen-bond donors (Lipinski definition) is 1. The number of nitrogens with zero attached hydrogens (tertiary/aromatic N) is 1. The van der Waals surface area contributed by atoms with Crippen molar-refractivity contribution in [1.82, 2.24) is 4.90 Å². The van der Waals surface area contributed by atoms with Crippen LogP contribution in [-0.4, -0.2) is 24.0 Å². The molecule has 1 aromatic carbocycles. The molecule has 2 nitrogen and oxygen atoms in total. The fraction of sp³-hybridized carbons (Fsp3) is 0.571. The molecular formula is C14H20BrFN2. The Labute approximate surface area is 116 Å². The van der Waals surface area contributed by atoms with E-state index in [0.29, 0.717) is 12.0 Å². The van der Waals surface area contributed by atoms with Gasteiger partial charge in [0.2, 0.25) is 0 Å². The second-order valence-electron chi connectivity index (χ2n) is 5.23. The van der Waals surface area contributed by atoms with E-state index in [1.54, 1.807) is 0 Å². The fourth-order valence-electron chi connectivity index (χ4n) is 2.90. The van der Waals surface area contributed by atoms with Gasteiger partial charge in [0.1, 0.15) is 5.82 Å². The molecule has 0 spiro atoms. The molecule has 18 heavy (non-hydrogen) atoms. The van der Waals surface area contributed by atoms with Crippen molar-refractivity contribution in [2.75, 3.05) is 13.1 Å². The average molecular weight is 315 g/mol. The highest BCUT2D eigenvalue weighted by Crippen LogP contribution is 2.34. The summed E-state index contributed by atoms with van der Waals surface area (Å²) in [6.07, 6.45) is 1.15. The first-order valence-corrected chi connectivity index (χ1v) is 7.23. The van der Waals surface area contributed by atoms with Crippen molar-refractivity contribution in [3.05, 3.63) is 34.1 Å². The third kappa shape index (κ3) is 2.76. The van der Waals surface area contributed by atoms with Crippen LogP contribution >= 0.6 is 15.9 Å². The van der Waals surface area contributed by atoms with Crippen LogP contribution in [0.3, 0.4) is 0 Å². The van der Waals surface area contributed by atoms with Crippen LogP contribution in [0.4, 0.5) is 4.39 Å². The zero-order valence-electron chi connectivity index (χ0n) is 10.9. The van der Waals surface area contributed by atoms with Crippen LogP contribution < -0.4 is 5.73 Å². The van der Waals surface area contributed by atoms with Crippen LogP contribution in [0.25, 0.3) is 0 Å². The maximum atomic E-state index is 13.1. The standard InChI is InChI=1S/C14H20BrFN2/c1-9-5-11(7-17)8-18(9)10(2)13-4-3-12(16)6-14(13)15/h3-4,6,9-11H,5,7-8,17H2,1-2H3. The second-order valence-corrected chi connectivity index (χ2v) is 6.08. The van der Waals surface area contributed by atoms with Gasteiger partial charge >= 0.3 is 0 Å². The summed E-state index contributed by atoms with van der Waals surface area (Å²) in [5, 5.41) is 0. The summed E-state index contributed by atoms with van der Waals surface area (Å²) in [7, 11) is 0. The van der Waals surface area contributed by atoms with Crippen molar-refractivity contribution in [2.45, 2.75) is 32.4 Å². The van der Waals surface area contributed by atoms with Gasteiger partial charge in [-0.05, 0) is 50.4 Å². The molecule has 2 N–H and O–H groups in total. The third-order valence-electron chi connectivity index (χ3n) is 3.95. The molecule has 1 heterocycles. The molecule has 0 aromatic heterocycles. The first-order valence-electron chi connectivity index (χ1n) is 6.43. The lowest BCUT2D eigenvalue weighted by atomic mass is 10.1. The van der Waals surface area contributed by atoms with Crippen LogP contribution in [0, 0.1) is 11.7 Å². The van der Waals surface area contributed by atoms with Gasteiger partial charge in [-0.3, -0.25) is 4.90 Å². The Balaban J connectivity index is 2.18. The molecule has 0 amide bonds. The van der Waals surface area contributed by atoms with E-state index in [1.807, 2.05) is 6.07 Å². The third-order valence-corrected chi connectivity index (χ3v) is 4.64. The Morgan fingerprint density at radius 2 is 2.28 bits per heavy atom. The molecule has 3 unspecified atom stereocenters. The molecule has 3 atom stereocenters. The van der Waals surface area contributed by atoms with Crippen molar-refractivity contribution >= 4 is 15.9 Å². The second kappa shape index (κ2) is 5.68. The van der Waals surface area contributed by atoms with Gasteiger partial charge in [0.25, 0.3) is 0 Å². The van der Waals surface area contributed by atoms with E-state index in [4.69, 9.17) is 5.73 Å². The maximum absolute atomic E-state index is 13.1. The lowest BCUT2D eigenvalue weighted by Crippen LogP contribution is -2.31. The van der Waals surface area contributed by atoms with Gasteiger partial charge in [0.15, 0.2) is 0 Å². The average Bonchev–Trinajstić information content (AvgIpc) is 2.70. The zero-order valence-corrected chi connectivity index (χ0v) is 12.5. The topological polar surface area (TPSA) is 29.3 Å². The summed E-state index contributed by atoms with van der Waals surface area (Å²) in [6, 6.07) is 5.74. The minimum atomic E-state index is -0.202. The molecule has 0 aliphatic carbocycles. The number of halogens is 2. The smallest absolute Gasteiger partial charge is 0.124 e. The lowest BCUT2D eigenvalue weighted by Gasteiger charge is -2.29. The van der Waals surface area contributed by atoms with Gasteiger partial charge in [0, 0.05) is 23.1 Å². The van der Waals surface area contributed by atoms with E-state index >= 15 is 0 Å². The van der Waals surface area contributed by atoms with E-state index in [0.717, 1.165) is 29.5 Å². The lowest BCUT2D eigenvalue weighted by molar-refractivity contribution is 0.200. The first kappa shape index (κ1) is 14.0. The molecule has 1 aromatic rings. The monoisotopic (exact) mass is 314 g/mol. The van der Waals surface area contributed by atoms with Crippen molar-refractivity contribution < 1.29 is 4.39 Å². The molecule has 0 bridgehead atoms. The van der Waals surface area contributed by atoms with Crippen LogP contribution in [0.15, 0.2) is 22.7 Å². The van der Waals surface area contributed by atoms with Gasteiger partial charge < -0.3 is 5.73 Å². The Bertz CT molecular complexity index is 424. The molecule has 0 radical (unpaired) electrons. The van der Waals surface area contributed by atoms with Crippen LogP contribution in [-0.2, 0) is 0 Å². The SMILES string of the molecule is CC1CC(CN)CN1C(C)c1ccc(F)cc1Br. The van der Waals surface area contributed by atoms with Crippen molar-refractivity contribution in [1.29, 1.82) is 0 Å². The molecule has 1 fully saturated rings. The molecule has 100 valence electrons. The Hall–Kier alpha value is -0.450. The van der Waals surface area contributed by atoms with Crippen molar-refractivity contribution in [3.8, 4) is 0 Å². The van der Waals surface area contributed by atoms with Crippen LogP contribution in [0.5, 0.6) is 0 Å². The molecule has 1 aliphatic heterocycles. The van der Waals surface area contributed by atoms with E-state index in [9.17, 15) is 4.39 Å². The molecular weight excluding hydrogens is 295 g/mol. The first-order chi connectivity index (χ1) is 8.52. The predicted octanol–water partition coefficient (Wildman–Crippen LogP) is 3.32. The molecule has 4 heteroatoms. The highest BCUT2D eigenvalue weighted by molar-refractivity contribution is 9.10. The van der Waals surface area contributed by atoms with Crippen molar-refractivity contribution in [3.63, 3.8) is 0 Å². The molecule has 0 saturated carbocycles. The summed E-state index contributed by atoms with van der Waals surface area (Å²) < 4.78 is 14.0. The number of benzene rings is 1. The normalized spacial score (nSPS) is 26.5. The highest BCUT2D eigenvalue weighted by atomic mass is 79.9. The van der Waals surface area contributed by atoms with Crippen molar-refractivity contribution in [2.24, 2.45) is 11.7 Å². The number of hydrogen-bond acceptors (Lipinski definition) is 2. The van der Waals surface area contributed by atoms with Gasteiger partial charge in [-0.15, -0.1) is 0 Å². The maximum Gasteiger partial charge on any atom is 0.124 e. The minimum absolute atomic E-state index is 0.202. The molecule has 1 aliphatic rings. The quantitative estimate of drug-likeness (QED) is 0.927. The zero-order chi connectivity index (χ0) is 13.3. The summed E-state index contributed by atoms with van der Waals surface area (Å²) in [5.41, 5.74) is 6.90. The summed E-state index contributed by atoms with van der Waals surface area (Å²) in [6.45, 7) is 6.19. The van der Waals surface area contributed by atoms with E-state index in [1.165, 1.54) is 12.1 Å². The number of rotatable bonds is 3. The number of likely N-dealkylation sites (tertiary alicyclic amines) is 1. The predicted molar refractivity (Wildman–Crippen MR) is 75.8 cm³/mol. The molecule has 1 saturated heterocycles. The van der Waals surface area contributed by atoms with Gasteiger partial charge in [-0.2, -0.15) is 0 Å². The van der Waals surface area contributed by atoms with E-state index < -0.39 is 0 Å². The van der Waals surface area contributed by atoms with Crippen LogP contribution in [0.1, 0.15) is 31.9 Å². The van der Waals surface area contributed by atoms with Gasteiger partial charge in [-0.1, -0.05) is 22.0 Å². The summed E-state index contributed by atoms with van der Waals surface area (Å²) in [4.78, 5) is 2.45. The van der Waals surface area contributed by atoms with E-state index in [-0.39, 0.29) is 11.9 Å². The van der Waals surface area contributed by atoms with E-state index in [2.05, 4.69) is 34.7 Å². The summed E-state index contributed by atoms with van der Waals surface area (Å²) in [5.74, 6) is 0.383. The fourth-order valence-corrected chi connectivity index (χ4v) is 3.58. The Morgan fingerprint density at radius 1 is 1.56 bits per heavy atom. The largest absolute Gasteiger partial charge is 0.330 e. The van der Waals surface area contributed by atoms with Gasteiger partial charge in [0.05, 0.1) is 0 Å². The highest BCUT2D eigenvalue weighted by Gasteiger charge is 2.32. The van der Waals surface area contributed by atoms with Crippen LogP contribution in [0.2, 0.25) is 0 Å². The minimum Gasteiger partial charge on any atom is -0.330 e. The van der Waals surface area contributed by atoms with Gasteiger partial charge in [-0.25, -0.2) is 4.39 Å². The summed E-state index contributed by atoms with van der Waals surface area (Å²) >= 11 is 3.46. The number of nitrogens with two attached hydrogens (primary N) is 1. The Kier molecular flexibility index (Phi) is 4.41. The molecule has 2 rings (SSSR count). The Morgan fingerprint density at radius 3 is 2.83 bits per heavy atom.